The molecule has 1 N–H and O–H groups in total. The van der Waals surface area contributed by atoms with E-state index in [2.05, 4.69) is 5.32 Å². The molecule has 11 heteroatoms. The van der Waals surface area contributed by atoms with E-state index in [1.165, 1.54) is 26.4 Å². The lowest BCUT2D eigenvalue weighted by Crippen LogP contribution is -2.53. The van der Waals surface area contributed by atoms with Crippen LogP contribution < -0.4 is 24.3 Å². The van der Waals surface area contributed by atoms with Gasteiger partial charge in [0, 0.05) is 5.02 Å². The second kappa shape index (κ2) is 13.4. The summed E-state index contributed by atoms with van der Waals surface area (Å²) in [4.78, 5) is 39.6. The first kappa shape index (κ1) is 29.8. The molecule has 1 heterocycles. The number of nitrogens with zero attached hydrogens (tertiary/aromatic N) is 1. The zero-order chi connectivity index (χ0) is 29.5. The third kappa shape index (κ3) is 7.11. The highest BCUT2D eigenvalue weighted by Crippen LogP contribution is 2.38. The first-order chi connectivity index (χ1) is 19.7. The summed E-state index contributed by atoms with van der Waals surface area (Å²) in [6.45, 7) is 2.59. The number of imide groups is 2. The molecule has 1 fully saturated rings. The second-order valence-corrected chi connectivity index (χ2v) is 9.84. The van der Waals surface area contributed by atoms with Gasteiger partial charge in [-0.15, -0.1) is 0 Å². The summed E-state index contributed by atoms with van der Waals surface area (Å²) >= 11 is 12.5. The molecule has 0 aromatic heterocycles. The van der Waals surface area contributed by atoms with Crippen LogP contribution in [0.1, 0.15) is 30.0 Å². The fourth-order valence-electron chi connectivity index (χ4n) is 4.07. The molecular weight excluding hydrogens is 571 g/mol. The Morgan fingerprint density at radius 2 is 1.66 bits per heavy atom. The minimum atomic E-state index is -0.831. The van der Waals surface area contributed by atoms with Gasteiger partial charge < -0.3 is 18.9 Å². The van der Waals surface area contributed by atoms with Gasteiger partial charge in [0.1, 0.15) is 12.2 Å². The summed E-state index contributed by atoms with van der Waals surface area (Å²) in [6.07, 6.45) is 2.17. The van der Waals surface area contributed by atoms with Gasteiger partial charge in [-0.25, -0.2) is 4.79 Å². The fourth-order valence-corrected chi connectivity index (χ4v) is 4.56. The molecule has 4 rings (SSSR count). The molecule has 3 aromatic carbocycles. The molecule has 41 heavy (non-hydrogen) atoms. The molecular formula is C30H28Cl2N2O7. The Morgan fingerprint density at radius 3 is 2.37 bits per heavy atom. The Hall–Kier alpha value is -4.21. The van der Waals surface area contributed by atoms with Crippen LogP contribution in [0.5, 0.6) is 23.0 Å². The first-order valence-electron chi connectivity index (χ1n) is 12.7. The highest BCUT2D eigenvalue weighted by atomic mass is 35.5. The van der Waals surface area contributed by atoms with E-state index in [-0.39, 0.29) is 29.5 Å². The molecule has 0 bridgehead atoms. The number of urea groups is 1. The number of amides is 4. The number of hydrogen-bond acceptors (Lipinski definition) is 7. The summed E-state index contributed by atoms with van der Waals surface area (Å²) in [5.41, 5.74) is 1.59. The maximum absolute atomic E-state index is 13.3. The molecule has 0 aliphatic carbocycles. The molecule has 9 nitrogen and oxygen atoms in total. The van der Waals surface area contributed by atoms with E-state index in [4.69, 9.17) is 42.1 Å². The van der Waals surface area contributed by atoms with Crippen LogP contribution in [0.2, 0.25) is 10.0 Å². The number of halogens is 2. The van der Waals surface area contributed by atoms with Gasteiger partial charge in [-0.1, -0.05) is 48.3 Å². The van der Waals surface area contributed by atoms with Crippen LogP contribution in [-0.2, 0) is 22.7 Å². The standard InChI is InChI=1S/C30H28Cl2N2O7/c1-4-10-40-24-9-8-18(14-25(24)38-2)16-34-29(36)22(28(35)33-30(34)37)12-20-13-23(32)27(26(15-20)39-3)41-17-19-6-5-7-21(31)11-19/h5-9,11-15H,4,10,16-17H2,1-3H3,(H,33,35,37)/b22-12+. The number of barbiturate groups is 1. The Labute approximate surface area is 247 Å². The van der Waals surface area contributed by atoms with E-state index in [0.29, 0.717) is 40.0 Å². The predicted molar refractivity (Wildman–Crippen MR) is 155 cm³/mol. The van der Waals surface area contributed by atoms with Crippen LogP contribution in [0, 0.1) is 0 Å². The normalized spacial score (nSPS) is 14.2. The van der Waals surface area contributed by atoms with Crippen molar-refractivity contribution in [1.82, 2.24) is 10.2 Å². The van der Waals surface area contributed by atoms with Gasteiger partial charge in [0.15, 0.2) is 23.0 Å². The lowest BCUT2D eigenvalue weighted by atomic mass is 10.1. The fraction of sp³-hybridized carbons (Fsp3) is 0.233. The molecule has 0 saturated carbocycles. The Balaban J connectivity index is 1.57. The minimum absolute atomic E-state index is 0.0972. The quantitative estimate of drug-likeness (QED) is 0.212. The third-order valence-corrected chi connectivity index (χ3v) is 6.57. The highest BCUT2D eigenvalue weighted by molar-refractivity contribution is 6.33. The summed E-state index contributed by atoms with van der Waals surface area (Å²) in [5.74, 6) is 0.00312. The minimum Gasteiger partial charge on any atom is -0.493 e. The van der Waals surface area contributed by atoms with Gasteiger partial charge in [-0.3, -0.25) is 19.8 Å². The second-order valence-electron chi connectivity index (χ2n) is 8.99. The van der Waals surface area contributed by atoms with Crippen LogP contribution in [0.25, 0.3) is 6.08 Å². The monoisotopic (exact) mass is 598 g/mol. The maximum atomic E-state index is 13.3. The summed E-state index contributed by atoms with van der Waals surface area (Å²) in [7, 11) is 2.95. The number of nitrogens with one attached hydrogen (secondary N) is 1. The van der Waals surface area contributed by atoms with E-state index in [0.717, 1.165) is 16.9 Å². The van der Waals surface area contributed by atoms with E-state index in [1.54, 1.807) is 36.4 Å². The number of benzene rings is 3. The molecule has 4 amide bonds. The van der Waals surface area contributed by atoms with Gasteiger partial charge in [0.05, 0.1) is 32.4 Å². The highest BCUT2D eigenvalue weighted by Gasteiger charge is 2.36. The van der Waals surface area contributed by atoms with E-state index >= 15 is 0 Å². The van der Waals surface area contributed by atoms with Crippen molar-refractivity contribution in [2.24, 2.45) is 0 Å². The van der Waals surface area contributed by atoms with Crippen molar-refractivity contribution in [2.45, 2.75) is 26.5 Å². The van der Waals surface area contributed by atoms with Crippen molar-refractivity contribution in [2.75, 3.05) is 20.8 Å². The Kier molecular flexibility index (Phi) is 9.75. The summed E-state index contributed by atoms with van der Waals surface area (Å²) < 4.78 is 22.4. The average molecular weight is 599 g/mol. The largest absolute Gasteiger partial charge is 0.493 e. The average Bonchev–Trinajstić information content (AvgIpc) is 2.95. The Bertz CT molecular complexity index is 1510. The number of methoxy groups -OCH3 is 2. The molecule has 3 aromatic rings. The van der Waals surface area contributed by atoms with Crippen LogP contribution in [0.3, 0.4) is 0 Å². The molecule has 0 spiro atoms. The van der Waals surface area contributed by atoms with Crippen LogP contribution >= 0.6 is 23.2 Å². The molecule has 0 unspecified atom stereocenters. The van der Waals surface area contributed by atoms with Crippen molar-refractivity contribution in [3.05, 3.63) is 86.9 Å². The van der Waals surface area contributed by atoms with Crippen molar-refractivity contribution in [1.29, 1.82) is 0 Å². The number of carbonyl (C=O) groups is 3. The lowest BCUT2D eigenvalue weighted by Gasteiger charge is -2.26. The van der Waals surface area contributed by atoms with Gasteiger partial charge in [-0.05, 0) is 65.6 Å². The summed E-state index contributed by atoms with van der Waals surface area (Å²) in [6, 6.07) is 14.6. The topological polar surface area (TPSA) is 103 Å². The number of hydrogen-bond donors (Lipinski definition) is 1. The third-order valence-electron chi connectivity index (χ3n) is 6.05. The Morgan fingerprint density at radius 1 is 0.878 bits per heavy atom. The molecule has 1 aliphatic rings. The molecule has 1 aliphatic heterocycles. The van der Waals surface area contributed by atoms with Crippen molar-refractivity contribution in [3.8, 4) is 23.0 Å². The van der Waals surface area contributed by atoms with Crippen molar-refractivity contribution >= 4 is 47.1 Å². The molecule has 1 saturated heterocycles. The SMILES string of the molecule is CCCOc1ccc(CN2C(=O)NC(=O)/C(=C\c3cc(Cl)c(OCc4cccc(Cl)c4)c(OC)c3)C2=O)cc1OC. The lowest BCUT2D eigenvalue weighted by molar-refractivity contribution is -0.130. The van der Waals surface area contributed by atoms with Gasteiger partial charge in [0.25, 0.3) is 11.8 Å². The van der Waals surface area contributed by atoms with E-state index < -0.39 is 17.8 Å². The molecule has 0 radical (unpaired) electrons. The smallest absolute Gasteiger partial charge is 0.331 e. The first-order valence-corrected chi connectivity index (χ1v) is 13.4. The van der Waals surface area contributed by atoms with Crippen LogP contribution in [0.15, 0.2) is 60.2 Å². The molecule has 0 atom stereocenters. The zero-order valence-electron chi connectivity index (χ0n) is 22.7. The van der Waals surface area contributed by atoms with Gasteiger partial charge in [0.2, 0.25) is 0 Å². The number of carbonyl (C=O) groups excluding carboxylic acids is 3. The van der Waals surface area contributed by atoms with Crippen LogP contribution in [-0.4, -0.2) is 43.6 Å². The van der Waals surface area contributed by atoms with Gasteiger partial charge >= 0.3 is 6.03 Å². The van der Waals surface area contributed by atoms with E-state index in [9.17, 15) is 14.4 Å². The molecule has 214 valence electrons. The van der Waals surface area contributed by atoms with Gasteiger partial charge in [-0.2, -0.15) is 0 Å². The van der Waals surface area contributed by atoms with E-state index in [1.807, 2.05) is 19.1 Å². The predicted octanol–water partition coefficient (Wildman–Crippen LogP) is 6.04. The number of ether oxygens (including phenoxy) is 4. The summed E-state index contributed by atoms with van der Waals surface area (Å²) in [5, 5.41) is 3.00. The number of rotatable bonds is 11. The van der Waals surface area contributed by atoms with Crippen LogP contribution in [0.4, 0.5) is 4.79 Å². The maximum Gasteiger partial charge on any atom is 0.331 e. The zero-order valence-corrected chi connectivity index (χ0v) is 24.2. The van der Waals surface area contributed by atoms with Crippen molar-refractivity contribution in [3.63, 3.8) is 0 Å². The van der Waals surface area contributed by atoms with Crippen molar-refractivity contribution < 1.29 is 33.3 Å².